The lowest BCUT2D eigenvalue weighted by Crippen LogP contribution is -2.27. The van der Waals surface area contributed by atoms with Crippen molar-refractivity contribution < 1.29 is 13.2 Å². The van der Waals surface area contributed by atoms with Gasteiger partial charge in [0.15, 0.2) is 9.84 Å². The molecule has 0 spiro atoms. The highest BCUT2D eigenvalue weighted by molar-refractivity contribution is 7.90. The SMILES string of the molecule is C=CCCC(=O)N(C)c1ccccc1S(C)(=O)=O. The third kappa shape index (κ3) is 3.43. The van der Waals surface area contributed by atoms with E-state index in [9.17, 15) is 13.2 Å². The molecule has 0 atom stereocenters. The minimum absolute atomic E-state index is 0.133. The van der Waals surface area contributed by atoms with E-state index in [0.717, 1.165) is 6.26 Å². The third-order valence-electron chi connectivity index (χ3n) is 2.56. The number of sulfone groups is 1. The number of nitrogens with zero attached hydrogens (tertiary/aromatic N) is 1. The molecule has 0 aromatic heterocycles. The van der Waals surface area contributed by atoms with Gasteiger partial charge in [-0.2, -0.15) is 0 Å². The number of benzene rings is 1. The Morgan fingerprint density at radius 1 is 1.39 bits per heavy atom. The van der Waals surface area contributed by atoms with Gasteiger partial charge in [0.1, 0.15) is 0 Å². The van der Waals surface area contributed by atoms with Crippen molar-refractivity contribution in [1.82, 2.24) is 0 Å². The van der Waals surface area contributed by atoms with Crippen LogP contribution in [-0.4, -0.2) is 27.6 Å². The third-order valence-corrected chi connectivity index (χ3v) is 3.71. The number of carbonyl (C=O) groups excluding carboxylic acids is 1. The summed E-state index contributed by atoms with van der Waals surface area (Å²) in [6.07, 6.45) is 3.68. The van der Waals surface area contributed by atoms with Crippen molar-refractivity contribution in [2.75, 3.05) is 18.2 Å². The molecule has 0 aliphatic rings. The van der Waals surface area contributed by atoms with Gasteiger partial charge < -0.3 is 4.90 Å². The summed E-state index contributed by atoms with van der Waals surface area (Å²) in [5, 5.41) is 0. The molecule has 0 N–H and O–H groups in total. The Kier molecular flexibility index (Phi) is 4.67. The van der Waals surface area contributed by atoms with Crippen molar-refractivity contribution >= 4 is 21.4 Å². The van der Waals surface area contributed by atoms with Gasteiger partial charge in [-0.25, -0.2) is 8.42 Å². The molecule has 98 valence electrons. The fourth-order valence-corrected chi connectivity index (χ4v) is 2.49. The quantitative estimate of drug-likeness (QED) is 0.767. The fraction of sp³-hybridized carbons (Fsp3) is 0.308. The summed E-state index contributed by atoms with van der Waals surface area (Å²) in [6.45, 7) is 3.55. The van der Waals surface area contributed by atoms with E-state index in [2.05, 4.69) is 6.58 Å². The van der Waals surface area contributed by atoms with E-state index in [1.54, 1.807) is 31.3 Å². The van der Waals surface area contributed by atoms with Crippen LogP contribution in [0.5, 0.6) is 0 Å². The Labute approximate surface area is 108 Å². The Morgan fingerprint density at radius 3 is 2.56 bits per heavy atom. The van der Waals surface area contributed by atoms with Gasteiger partial charge in [0.05, 0.1) is 10.6 Å². The second kappa shape index (κ2) is 5.82. The maximum Gasteiger partial charge on any atom is 0.227 e. The average molecular weight is 267 g/mol. The maximum atomic E-state index is 11.9. The Bertz CT molecular complexity index is 549. The Balaban J connectivity index is 3.10. The normalized spacial score (nSPS) is 11.0. The standard InChI is InChI=1S/C13H17NO3S/c1-4-5-10-13(15)14(2)11-8-6-7-9-12(11)18(3,16)17/h4,6-9H,1,5,10H2,2-3H3. The van der Waals surface area contributed by atoms with Gasteiger partial charge >= 0.3 is 0 Å². The van der Waals surface area contributed by atoms with Gasteiger partial charge in [0, 0.05) is 19.7 Å². The summed E-state index contributed by atoms with van der Waals surface area (Å²) in [6, 6.07) is 6.48. The molecule has 0 bridgehead atoms. The van der Waals surface area contributed by atoms with Crippen molar-refractivity contribution in [3.05, 3.63) is 36.9 Å². The lowest BCUT2D eigenvalue weighted by molar-refractivity contribution is -0.118. The molecule has 1 aromatic rings. The molecule has 0 aliphatic heterocycles. The highest BCUT2D eigenvalue weighted by atomic mass is 32.2. The van der Waals surface area contributed by atoms with Crippen LogP contribution in [0.15, 0.2) is 41.8 Å². The molecule has 1 amide bonds. The van der Waals surface area contributed by atoms with E-state index in [4.69, 9.17) is 0 Å². The fourth-order valence-electron chi connectivity index (χ4n) is 1.58. The van der Waals surface area contributed by atoms with Crippen molar-refractivity contribution in [3.63, 3.8) is 0 Å². The van der Waals surface area contributed by atoms with E-state index in [1.165, 1.54) is 11.0 Å². The summed E-state index contributed by atoms with van der Waals surface area (Å²) in [5.41, 5.74) is 0.411. The highest BCUT2D eigenvalue weighted by Gasteiger charge is 2.18. The average Bonchev–Trinajstić information content (AvgIpc) is 2.34. The van der Waals surface area contributed by atoms with E-state index >= 15 is 0 Å². The second-order valence-electron chi connectivity index (χ2n) is 4.02. The first kappa shape index (κ1) is 14.4. The Hall–Kier alpha value is -1.62. The van der Waals surface area contributed by atoms with E-state index < -0.39 is 9.84 Å². The molecular weight excluding hydrogens is 250 g/mol. The van der Waals surface area contributed by atoms with Crippen molar-refractivity contribution in [2.24, 2.45) is 0 Å². The number of carbonyl (C=O) groups is 1. The van der Waals surface area contributed by atoms with Gasteiger partial charge in [0.2, 0.25) is 5.91 Å². The van der Waals surface area contributed by atoms with Gasteiger partial charge in [-0.3, -0.25) is 4.79 Å². The van der Waals surface area contributed by atoms with Crippen LogP contribution in [0.3, 0.4) is 0 Å². The number of hydrogen-bond donors (Lipinski definition) is 0. The second-order valence-corrected chi connectivity index (χ2v) is 6.00. The number of allylic oxidation sites excluding steroid dienone is 1. The maximum absolute atomic E-state index is 11.9. The van der Waals surface area contributed by atoms with E-state index in [1.807, 2.05) is 0 Å². The van der Waals surface area contributed by atoms with Gasteiger partial charge in [-0.1, -0.05) is 18.2 Å². The minimum atomic E-state index is -3.35. The molecule has 0 fully saturated rings. The molecule has 0 radical (unpaired) electrons. The largest absolute Gasteiger partial charge is 0.314 e. The minimum Gasteiger partial charge on any atom is -0.314 e. The van der Waals surface area contributed by atoms with Crippen molar-refractivity contribution in [1.29, 1.82) is 0 Å². The molecule has 1 rings (SSSR count). The number of anilines is 1. The molecular formula is C13H17NO3S. The summed E-state index contributed by atoms with van der Waals surface area (Å²) >= 11 is 0. The summed E-state index contributed by atoms with van der Waals surface area (Å²) in [5.74, 6) is -0.133. The zero-order valence-corrected chi connectivity index (χ0v) is 11.4. The molecule has 0 saturated heterocycles. The van der Waals surface area contributed by atoms with Crippen molar-refractivity contribution in [2.45, 2.75) is 17.7 Å². The van der Waals surface area contributed by atoms with Crippen LogP contribution in [0.4, 0.5) is 5.69 Å². The van der Waals surface area contributed by atoms with E-state index in [0.29, 0.717) is 18.5 Å². The van der Waals surface area contributed by atoms with Crippen LogP contribution in [0.2, 0.25) is 0 Å². The lowest BCUT2D eigenvalue weighted by atomic mass is 10.2. The van der Waals surface area contributed by atoms with Gasteiger partial charge in [-0.05, 0) is 18.6 Å². The van der Waals surface area contributed by atoms with Crippen LogP contribution in [0.25, 0.3) is 0 Å². The molecule has 0 aliphatic carbocycles. The van der Waals surface area contributed by atoms with Crippen LogP contribution < -0.4 is 4.90 Å². The van der Waals surface area contributed by atoms with Crippen LogP contribution in [0, 0.1) is 0 Å². The topological polar surface area (TPSA) is 54.5 Å². The first-order chi connectivity index (χ1) is 8.38. The van der Waals surface area contributed by atoms with Crippen molar-refractivity contribution in [3.8, 4) is 0 Å². The zero-order valence-electron chi connectivity index (χ0n) is 10.6. The Morgan fingerprint density at radius 2 is 2.00 bits per heavy atom. The van der Waals surface area contributed by atoms with E-state index in [-0.39, 0.29) is 10.8 Å². The predicted octanol–water partition coefficient (Wildman–Crippen LogP) is 2.02. The molecule has 5 heteroatoms. The summed E-state index contributed by atoms with van der Waals surface area (Å²) in [7, 11) is -1.77. The first-order valence-corrected chi connectivity index (χ1v) is 7.43. The molecule has 0 heterocycles. The van der Waals surface area contributed by atoms with Crippen LogP contribution >= 0.6 is 0 Å². The summed E-state index contributed by atoms with van der Waals surface area (Å²) in [4.78, 5) is 13.4. The molecule has 18 heavy (non-hydrogen) atoms. The number of hydrogen-bond acceptors (Lipinski definition) is 3. The molecule has 0 unspecified atom stereocenters. The van der Waals surface area contributed by atoms with Gasteiger partial charge in [-0.15, -0.1) is 6.58 Å². The highest BCUT2D eigenvalue weighted by Crippen LogP contribution is 2.24. The molecule has 4 nitrogen and oxygen atoms in total. The van der Waals surface area contributed by atoms with Crippen LogP contribution in [0.1, 0.15) is 12.8 Å². The first-order valence-electron chi connectivity index (χ1n) is 5.54. The molecule has 1 aromatic carbocycles. The summed E-state index contributed by atoms with van der Waals surface area (Å²) < 4.78 is 23.3. The monoisotopic (exact) mass is 267 g/mol. The number of para-hydroxylation sites is 1. The number of amides is 1. The van der Waals surface area contributed by atoms with Gasteiger partial charge in [0.25, 0.3) is 0 Å². The lowest BCUT2D eigenvalue weighted by Gasteiger charge is -2.19. The van der Waals surface area contributed by atoms with Crippen LogP contribution in [-0.2, 0) is 14.6 Å². The predicted molar refractivity (Wildman–Crippen MR) is 72.4 cm³/mol. The zero-order chi connectivity index (χ0) is 13.8. The number of rotatable bonds is 5. The molecule has 0 saturated carbocycles. The smallest absolute Gasteiger partial charge is 0.227 e.